The van der Waals surface area contributed by atoms with E-state index in [1.165, 1.54) is 10.4 Å². The average Bonchev–Trinajstić information content (AvgIpc) is 3.42. The maximum absolute atomic E-state index is 12.9. The number of rotatable bonds is 6. The van der Waals surface area contributed by atoms with Crippen LogP contribution in [0.25, 0.3) is 11.5 Å². The van der Waals surface area contributed by atoms with Crippen LogP contribution in [-0.4, -0.2) is 41.9 Å². The van der Waals surface area contributed by atoms with E-state index in [1.807, 2.05) is 6.07 Å². The van der Waals surface area contributed by atoms with E-state index in [1.54, 1.807) is 36.5 Å². The van der Waals surface area contributed by atoms with E-state index in [4.69, 9.17) is 10.2 Å². The van der Waals surface area contributed by atoms with Gasteiger partial charge in [0.15, 0.2) is 5.76 Å². The van der Waals surface area contributed by atoms with Crippen molar-refractivity contribution in [2.24, 2.45) is 11.7 Å². The first-order chi connectivity index (χ1) is 13.4. The number of furan rings is 1. The van der Waals surface area contributed by atoms with Gasteiger partial charge < -0.3 is 10.2 Å². The highest BCUT2D eigenvalue weighted by molar-refractivity contribution is 7.89. The van der Waals surface area contributed by atoms with Crippen LogP contribution in [0.2, 0.25) is 0 Å². The molecule has 28 heavy (non-hydrogen) atoms. The molecule has 0 saturated carbocycles. The zero-order valence-corrected chi connectivity index (χ0v) is 15.9. The molecule has 0 aliphatic carbocycles. The van der Waals surface area contributed by atoms with Crippen molar-refractivity contribution in [1.29, 1.82) is 0 Å². The highest BCUT2D eigenvalue weighted by atomic mass is 32.2. The molecule has 1 amide bonds. The van der Waals surface area contributed by atoms with Crippen molar-refractivity contribution >= 4 is 15.9 Å². The van der Waals surface area contributed by atoms with Gasteiger partial charge in [0, 0.05) is 24.8 Å². The standard InChI is InChI=1S/C19H20N4O4S/c20-19(24)15-3-1-2-13(11-15)10-14-7-9-23(12-14)28(25,26)18-5-4-17(27-18)16-6-8-21-22-16/h1-6,8,11,14H,7,9-10,12H2,(H2,20,24)(H,21,22)/t14-/m1/s1. The number of benzene rings is 1. The van der Waals surface area contributed by atoms with Crippen molar-refractivity contribution < 1.29 is 17.6 Å². The molecular weight excluding hydrogens is 380 g/mol. The summed E-state index contributed by atoms with van der Waals surface area (Å²) in [6, 6.07) is 11.9. The predicted octanol–water partition coefficient (Wildman–Crippen LogP) is 2.02. The number of nitrogens with two attached hydrogens (primary N) is 1. The van der Waals surface area contributed by atoms with Crippen LogP contribution in [0.4, 0.5) is 0 Å². The van der Waals surface area contributed by atoms with Crippen molar-refractivity contribution in [3.05, 3.63) is 59.8 Å². The molecule has 1 fully saturated rings. The number of H-pyrrole nitrogens is 1. The summed E-state index contributed by atoms with van der Waals surface area (Å²) in [5.74, 6) is 0.124. The fourth-order valence-corrected chi connectivity index (χ4v) is 4.93. The molecule has 8 nitrogen and oxygen atoms in total. The van der Waals surface area contributed by atoms with E-state index in [2.05, 4.69) is 10.2 Å². The average molecular weight is 400 g/mol. The largest absolute Gasteiger partial charge is 0.442 e. The number of nitrogens with zero attached hydrogens (tertiary/aromatic N) is 2. The summed E-state index contributed by atoms with van der Waals surface area (Å²) in [5.41, 5.74) is 7.38. The van der Waals surface area contributed by atoms with Gasteiger partial charge in [0.2, 0.25) is 11.0 Å². The Hall–Kier alpha value is -2.91. The number of sulfonamides is 1. The molecule has 1 aliphatic rings. The lowest BCUT2D eigenvalue weighted by Gasteiger charge is -2.15. The summed E-state index contributed by atoms with van der Waals surface area (Å²) in [5, 5.41) is 6.51. The third-order valence-electron chi connectivity index (χ3n) is 4.93. The SMILES string of the molecule is NC(=O)c1cccc(C[C@H]2CCN(S(=O)(=O)c3ccc(-c4ccn[nH]4)o3)C2)c1. The lowest BCUT2D eigenvalue weighted by molar-refractivity contribution is 0.1000. The number of primary amides is 1. The van der Waals surface area contributed by atoms with Crippen molar-refractivity contribution in [1.82, 2.24) is 14.5 Å². The van der Waals surface area contributed by atoms with Gasteiger partial charge in [0.25, 0.3) is 10.0 Å². The van der Waals surface area contributed by atoms with Crippen molar-refractivity contribution in [2.75, 3.05) is 13.1 Å². The lowest BCUT2D eigenvalue weighted by atomic mass is 9.97. The Balaban J connectivity index is 1.46. The van der Waals surface area contributed by atoms with E-state index in [9.17, 15) is 13.2 Å². The minimum atomic E-state index is -3.70. The Bertz CT molecular complexity index is 1090. The molecule has 9 heteroatoms. The zero-order valence-electron chi connectivity index (χ0n) is 15.0. The highest BCUT2D eigenvalue weighted by Gasteiger charge is 2.34. The molecule has 3 N–H and O–H groups in total. The predicted molar refractivity (Wildman–Crippen MR) is 102 cm³/mol. The fourth-order valence-electron chi connectivity index (χ4n) is 3.49. The second-order valence-electron chi connectivity index (χ2n) is 6.88. The lowest BCUT2D eigenvalue weighted by Crippen LogP contribution is -2.28. The summed E-state index contributed by atoms with van der Waals surface area (Å²) in [6.45, 7) is 0.839. The minimum absolute atomic E-state index is 0.0755. The Morgan fingerprint density at radius 2 is 2.14 bits per heavy atom. The maximum atomic E-state index is 12.9. The number of hydrogen-bond donors (Lipinski definition) is 2. The van der Waals surface area contributed by atoms with Crippen LogP contribution in [0.5, 0.6) is 0 Å². The monoisotopic (exact) mass is 400 g/mol. The molecule has 1 aliphatic heterocycles. The van der Waals surface area contributed by atoms with Gasteiger partial charge in [0.1, 0.15) is 5.69 Å². The van der Waals surface area contributed by atoms with Crippen molar-refractivity contribution in [3.8, 4) is 11.5 Å². The van der Waals surface area contributed by atoms with Crippen LogP contribution in [0.15, 0.2) is 58.2 Å². The quantitative estimate of drug-likeness (QED) is 0.655. The summed E-state index contributed by atoms with van der Waals surface area (Å²) >= 11 is 0. The smallest absolute Gasteiger partial charge is 0.276 e. The first-order valence-corrected chi connectivity index (χ1v) is 10.4. The third kappa shape index (κ3) is 3.58. The number of aromatic nitrogens is 2. The molecule has 3 aromatic rings. The van der Waals surface area contributed by atoms with Gasteiger partial charge in [-0.2, -0.15) is 9.40 Å². The molecule has 0 unspecified atom stereocenters. The molecule has 0 radical (unpaired) electrons. The Labute approximate surface area is 162 Å². The van der Waals surface area contributed by atoms with Gasteiger partial charge in [-0.15, -0.1) is 0 Å². The van der Waals surface area contributed by atoms with Crippen LogP contribution in [0.3, 0.4) is 0 Å². The summed E-state index contributed by atoms with van der Waals surface area (Å²) in [6.07, 6.45) is 3.00. The minimum Gasteiger partial charge on any atom is -0.442 e. The van der Waals surface area contributed by atoms with Gasteiger partial charge in [-0.25, -0.2) is 8.42 Å². The Kier molecular flexibility index (Phi) is 4.78. The van der Waals surface area contributed by atoms with Crippen molar-refractivity contribution in [3.63, 3.8) is 0 Å². The molecule has 1 saturated heterocycles. The molecule has 2 aromatic heterocycles. The highest BCUT2D eigenvalue weighted by Crippen LogP contribution is 2.29. The molecule has 146 valence electrons. The number of nitrogens with one attached hydrogen (secondary N) is 1. The van der Waals surface area contributed by atoms with Crippen LogP contribution < -0.4 is 5.73 Å². The number of amides is 1. The number of carbonyl (C=O) groups excluding carboxylic acids is 1. The zero-order chi connectivity index (χ0) is 19.7. The van der Waals surface area contributed by atoms with Crippen LogP contribution in [-0.2, 0) is 16.4 Å². The van der Waals surface area contributed by atoms with E-state index >= 15 is 0 Å². The van der Waals surface area contributed by atoms with Crippen molar-refractivity contribution in [2.45, 2.75) is 17.9 Å². The van der Waals surface area contributed by atoms with Crippen LogP contribution in [0, 0.1) is 5.92 Å². The second kappa shape index (κ2) is 7.25. The molecular formula is C19H20N4O4S. The molecule has 0 spiro atoms. The van der Waals surface area contributed by atoms with Gasteiger partial charge in [-0.1, -0.05) is 12.1 Å². The van der Waals surface area contributed by atoms with Gasteiger partial charge in [-0.05, 0) is 54.7 Å². The molecule has 0 bridgehead atoms. The van der Waals surface area contributed by atoms with Crippen LogP contribution >= 0.6 is 0 Å². The molecule has 1 atom stereocenters. The van der Waals surface area contributed by atoms with E-state index < -0.39 is 15.9 Å². The van der Waals surface area contributed by atoms with Gasteiger partial charge in [-0.3, -0.25) is 9.89 Å². The number of hydrogen-bond acceptors (Lipinski definition) is 5. The number of aromatic amines is 1. The summed E-state index contributed by atoms with van der Waals surface area (Å²) in [4.78, 5) is 11.3. The number of carbonyl (C=O) groups is 1. The van der Waals surface area contributed by atoms with E-state index in [-0.39, 0.29) is 11.0 Å². The summed E-state index contributed by atoms with van der Waals surface area (Å²) < 4.78 is 32.8. The fraction of sp³-hybridized carbons (Fsp3) is 0.263. The second-order valence-corrected chi connectivity index (χ2v) is 8.74. The molecule has 1 aromatic carbocycles. The molecule has 4 rings (SSSR count). The van der Waals surface area contributed by atoms with Crippen LogP contribution in [0.1, 0.15) is 22.3 Å². The van der Waals surface area contributed by atoms with E-state index in [0.29, 0.717) is 36.5 Å². The Morgan fingerprint density at radius 1 is 1.29 bits per heavy atom. The first-order valence-electron chi connectivity index (χ1n) is 8.92. The normalized spacial score (nSPS) is 17.8. The Morgan fingerprint density at radius 3 is 2.89 bits per heavy atom. The topological polar surface area (TPSA) is 122 Å². The maximum Gasteiger partial charge on any atom is 0.276 e. The van der Waals surface area contributed by atoms with E-state index in [0.717, 1.165) is 12.0 Å². The molecule has 3 heterocycles. The van der Waals surface area contributed by atoms with Gasteiger partial charge >= 0.3 is 0 Å². The third-order valence-corrected chi connectivity index (χ3v) is 6.67. The summed E-state index contributed by atoms with van der Waals surface area (Å²) in [7, 11) is -3.70. The first kappa shape index (κ1) is 18.5. The van der Waals surface area contributed by atoms with Gasteiger partial charge in [0.05, 0.1) is 0 Å².